The molecule has 7 heteroatoms. The lowest BCUT2D eigenvalue weighted by Crippen LogP contribution is -2.36. The summed E-state index contributed by atoms with van der Waals surface area (Å²) in [7, 11) is -3.22. The maximum atomic E-state index is 11.6. The van der Waals surface area contributed by atoms with Crippen LogP contribution in [0.25, 0.3) is 0 Å². The molecule has 2 rings (SSSR count). The molecule has 1 aromatic heterocycles. The monoisotopic (exact) mass is 286 g/mol. The first-order valence-electron chi connectivity index (χ1n) is 6.23. The predicted molar refractivity (Wildman–Crippen MR) is 69.7 cm³/mol. The Balaban J connectivity index is 1.76. The molecule has 1 saturated carbocycles. The molecule has 0 bridgehead atoms. The standard InChI is InChI=1S/C12H18N2O4S/c1-19(16,17)14(10-4-5-10)7-6-12(15)13-9-11-3-2-8-18-11/h2-3,8,10H,4-7,9H2,1H3,(H,13,15). The number of nitrogens with one attached hydrogen (secondary N) is 1. The molecule has 106 valence electrons. The second-order valence-electron chi connectivity index (χ2n) is 4.71. The second-order valence-corrected chi connectivity index (χ2v) is 6.65. The topological polar surface area (TPSA) is 79.6 Å². The van der Waals surface area contributed by atoms with Crippen LogP contribution in [-0.4, -0.2) is 37.5 Å². The number of carbonyl (C=O) groups excluding carboxylic acids is 1. The number of sulfonamides is 1. The van der Waals surface area contributed by atoms with Gasteiger partial charge in [0.15, 0.2) is 0 Å². The summed E-state index contributed by atoms with van der Waals surface area (Å²) in [6.07, 6.45) is 4.68. The van der Waals surface area contributed by atoms with Crippen molar-refractivity contribution in [3.63, 3.8) is 0 Å². The van der Waals surface area contributed by atoms with E-state index in [1.807, 2.05) is 0 Å². The molecule has 1 N–H and O–H groups in total. The summed E-state index contributed by atoms with van der Waals surface area (Å²) in [5.74, 6) is 0.501. The minimum absolute atomic E-state index is 0.0906. The highest BCUT2D eigenvalue weighted by Gasteiger charge is 2.34. The van der Waals surface area contributed by atoms with Crippen molar-refractivity contribution in [2.24, 2.45) is 0 Å². The predicted octanol–water partition coefficient (Wildman–Crippen LogP) is 0.710. The fourth-order valence-corrected chi connectivity index (χ4v) is 3.06. The minimum Gasteiger partial charge on any atom is -0.467 e. The molecule has 6 nitrogen and oxygen atoms in total. The number of rotatable bonds is 7. The van der Waals surface area contributed by atoms with E-state index in [4.69, 9.17) is 4.42 Å². The van der Waals surface area contributed by atoms with Crippen molar-refractivity contribution in [3.8, 4) is 0 Å². The van der Waals surface area contributed by atoms with Crippen molar-refractivity contribution in [1.82, 2.24) is 9.62 Å². The number of hydrogen-bond donors (Lipinski definition) is 1. The number of amides is 1. The molecule has 0 spiro atoms. The van der Waals surface area contributed by atoms with Gasteiger partial charge in [0, 0.05) is 19.0 Å². The molecule has 0 unspecified atom stereocenters. The summed E-state index contributed by atoms with van der Waals surface area (Å²) in [5, 5.41) is 2.70. The van der Waals surface area contributed by atoms with E-state index >= 15 is 0 Å². The average Bonchev–Trinajstić information content (AvgIpc) is 3.01. The van der Waals surface area contributed by atoms with Crippen LogP contribution in [-0.2, 0) is 21.4 Å². The highest BCUT2D eigenvalue weighted by atomic mass is 32.2. The van der Waals surface area contributed by atoms with Gasteiger partial charge in [0.2, 0.25) is 15.9 Å². The number of nitrogens with zero attached hydrogens (tertiary/aromatic N) is 1. The summed E-state index contributed by atoms with van der Waals surface area (Å²) in [6, 6.07) is 3.61. The van der Waals surface area contributed by atoms with Crippen LogP contribution in [0.1, 0.15) is 25.0 Å². The number of carbonyl (C=O) groups is 1. The first kappa shape index (κ1) is 14.1. The van der Waals surface area contributed by atoms with Crippen molar-refractivity contribution in [2.75, 3.05) is 12.8 Å². The largest absolute Gasteiger partial charge is 0.467 e. The number of furan rings is 1. The Labute approximate surface area is 112 Å². The van der Waals surface area contributed by atoms with Crippen molar-refractivity contribution >= 4 is 15.9 Å². The molecular weight excluding hydrogens is 268 g/mol. The van der Waals surface area contributed by atoms with Gasteiger partial charge in [-0.2, -0.15) is 4.31 Å². The van der Waals surface area contributed by atoms with Crippen LogP contribution in [0.5, 0.6) is 0 Å². The Morgan fingerprint density at radius 1 is 1.53 bits per heavy atom. The Bertz CT molecular complexity index is 520. The van der Waals surface area contributed by atoms with E-state index in [9.17, 15) is 13.2 Å². The molecule has 0 radical (unpaired) electrons. The zero-order chi connectivity index (χ0) is 13.9. The third-order valence-corrected chi connectivity index (χ3v) is 4.31. The van der Waals surface area contributed by atoms with Crippen LogP contribution in [0, 0.1) is 0 Å². The van der Waals surface area contributed by atoms with E-state index in [0.29, 0.717) is 12.3 Å². The molecule has 0 atom stereocenters. The normalized spacial score (nSPS) is 15.7. The molecule has 1 aliphatic carbocycles. The smallest absolute Gasteiger partial charge is 0.221 e. The minimum atomic E-state index is -3.22. The highest BCUT2D eigenvalue weighted by Crippen LogP contribution is 2.28. The fraction of sp³-hybridized carbons (Fsp3) is 0.583. The summed E-state index contributed by atoms with van der Waals surface area (Å²) in [6.45, 7) is 0.571. The van der Waals surface area contributed by atoms with Crippen molar-refractivity contribution in [3.05, 3.63) is 24.2 Å². The summed E-state index contributed by atoms with van der Waals surface area (Å²) in [4.78, 5) is 11.6. The molecule has 1 amide bonds. The van der Waals surface area contributed by atoms with E-state index in [-0.39, 0.29) is 24.9 Å². The van der Waals surface area contributed by atoms with Gasteiger partial charge < -0.3 is 9.73 Å². The maximum Gasteiger partial charge on any atom is 0.221 e. The summed E-state index contributed by atoms with van der Waals surface area (Å²) >= 11 is 0. The van der Waals surface area contributed by atoms with Gasteiger partial charge in [0.1, 0.15) is 5.76 Å². The lowest BCUT2D eigenvalue weighted by molar-refractivity contribution is -0.121. The van der Waals surface area contributed by atoms with Crippen LogP contribution < -0.4 is 5.32 Å². The highest BCUT2D eigenvalue weighted by molar-refractivity contribution is 7.88. The SMILES string of the molecule is CS(=O)(=O)N(CCC(=O)NCc1ccco1)C1CC1. The quantitative estimate of drug-likeness (QED) is 0.800. The van der Waals surface area contributed by atoms with Gasteiger partial charge >= 0.3 is 0 Å². The van der Waals surface area contributed by atoms with Crippen LogP contribution >= 0.6 is 0 Å². The van der Waals surface area contributed by atoms with Crippen LogP contribution in [0.4, 0.5) is 0 Å². The van der Waals surface area contributed by atoms with Crippen molar-refractivity contribution in [1.29, 1.82) is 0 Å². The zero-order valence-electron chi connectivity index (χ0n) is 10.8. The first-order chi connectivity index (χ1) is 8.97. The molecule has 0 saturated heterocycles. The Morgan fingerprint density at radius 3 is 2.79 bits per heavy atom. The summed E-state index contributed by atoms with van der Waals surface area (Å²) < 4.78 is 29.6. The Morgan fingerprint density at radius 2 is 2.26 bits per heavy atom. The van der Waals surface area contributed by atoms with Gasteiger partial charge in [0.05, 0.1) is 19.1 Å². The van der Waals surface area contributed by atoms with Crippen molar-refractivity contribution < 1.29 is 17.6 Å². The van der Waals surface area contributed by atoms with E-state index < -0.39 is 10.0 Å². The van der Waals surface area contributed by atoms with Gasteiger partial charge in [-0.15, -0.1) is 0 Å². The van der Waals surface area contributed by atoms with Gasteiger partial charge in [-0.25, -0.2) is 8.42 Å². The van der Waals surface area contributed by atoms with E-state index in [1.54, 1.807) is 18.4 Å². The molecule has 1 fully saturated rings. The molecule has 1 aromatic rings. The van der Waals surface area contributed by atoms with Gasteiger partial charge in [-0.3, -0.25) is 4.79 Å². The molecule has 19 heavy (non-hydrogen) atoms. The number of hydrogen-bond acceptors (Lipinski definition) is 4. The van der Waals surface area contributed by atoms with Gasteiger partial charge in [-0.05, 0) is 25.0 Å². The average molecular weight is 286 g/mol. The third-order valence-electron chi connectivity index (χ3n) is 2.98. The molecule has 0 aliphatic heterocycles. The lowest BCUT2D eigenvalue weighted by Gasteiger charge is -2.18. The Hall–Kier alpha value is -1.34. The molecule has 1 aliphatic rings. The second kappa shape index (κ2) is 5.75. The zero-order valence-corrected chi connectivity index (χ0v) is 11.6. The Kier molecular flexibility index (Phi) is 4.26. The van der Waals surface area contributed by atoms with Gasteiger partial charge in [-0.1, -0.05) is 0 Å². The molecular formula is C12H18N2O4S. The third kappa shape index (κ3) is 4.36. The van der Waals surface area contributed by atoms with Gasteiger partial charge in [0.25, 0.3) is 0 Å². The van der Waals surface area contributed by atoms with E-state index in [1.165, 1.54) is 10.6 Å². The van der Waals surface area contributed by atoms with Crippen LogP contribution in [0.15, 0.2) is 22.8 Å². The van der Waals surface area contributed by atoms with Crippen LogP contribution in [0.2, 0.25) is 0 Å². The van der Waals surface area contributed by atoms with E-state index in [2.05, 4.69) is 5.32 Å². The molecule has 1 heterocycles. The molecule has 0 aromatic carbocycles. The van der Waals surface area contributed by atoms with Crippen molar-refractivity contribution in [2.45, 2.75) is 31.8 Å². The summed E-state index contributed by atoms with van der Waals surface area (Å²) in [5.41, 5.74) is 0. The lowest BCUT2D eigenvalue weighted by atomic mass is 10.3. The first-order valence-corrected chi connectivity index (χ1v) is 8.07. The fourth-order valence-electron chi connectivity index (χ4n) is 1.88. The maximum absolute atomic E-state index is 11.6. The van der Waals surface area contributed by atoms with E-state index in [0.717, 1.165) is 12.8 Å². The van der Waals surface area contributed by atoms with Crippen LogP contribution in [0.3, 0.4) is 0 Å².